The lowest BCUT2D eigenvalue weighted by molar-refractivity contribution is -0.0128. The molecule has 27 heavy (non-hydrogen) atoms. The predicted octanol–water partition coefficient (Wildman–Crippen LogP) is 5.72. The lowest BCUT2D eigenvalue weighted by Gasteiger charge is -2.53. The molecule has 1 aromatic heterocycles. The van der Waals surface area contributed by atoms with Gasteiger partial charge in [-0.1, -0.05) is 13.0 Å². The van der Waals surface area contributed by atoms with Gasteiger partial charge in [0, 0.05) is 23.0 Å². The summed E-state index contributed by atoms with van der Waals surface area (Å²) in [6.45, 7) is 13.0. The van der Waals surface area contributed by atoms with E-state index in [0.717, 1.165) is 12.5 Å². The summed E-state index contributed by atoms with van der Waals surface area (Å²) in [5.74, 6) is 1.35. The summed E-state index contributed by atoms with van der Waals surface area (Å²) in [5, 5.41) is 5.05. The fourth-order valence-electron chi connectivity index (χ4n) is 5.18. The highest BCUT2D eigenvalue weighted by atomic mass is 32.1. The molecule has 148 valence electrons. The fraction of sp³-hybridized carbons (Fsp3) is 0.696. The molecular weight excluding hydrogens is 350 g/mol. The Hall–Kier alpha value is -0.970. The molecule has 0 aliphatic carbocycles. The molecule has 4 rings (SSSR count). The number of nitrogens with one attached hydrogen (secondary N) is 1. The molecule has 2 atom stereocenters. The molecule has 1 aromatic carbocycles. The number of nitrogens with zero attached hydrogens (tertiary/aromatic N) is 2. The largest absolute Gasteiger partial charge is 0.310 e. The van der Waals surface area contributed by atoms with Gasteiger partial charge in [0.2, 0.25) is 0 Å². The second-order valence-corrected chi connectivity index (χ2v) is 11.3. The van der Waals surface area contributed by atoms with Crippen molar-refractivity contribution in [2.45, 2.75) is 83.3 Å². The van der Waals surface area contributed by atoms with Crippen LogP contribution in [0, 0.1) is 5.92 Å². The van der Waals surface area contributed by atoms with Crippen molar-refractivity contribution in [3.63, 3.8) is 0 Å². The third kappa shape index (κ3) is 3.68. The van der Waals surface area contributed by atoms with Gasteiger partial charge in [-0.2, -0.15) is 0 Å². The maximum Gasteiger partial charge on any atom is 0.0970 e. The summed E-state index contributed by atoms with van der Waals surface area (Å²) in [6.07, 6.45) is 4.92. The molecule has 0 radical (unpaired) electrons. The lowest BCUT2D eigenvalue weighted by Crippen LogP contribution is -2.58. The Bertz CT molecular complexity index is 796. The average molecular weight is 386 g/mol. The number of hydrogen-bond acceptors (Lipinski definition) is 4. The molecule has 0 spiro atoms. The van der Waals surface area contributed by atoms with E-state index in [1.54, 1.807) is 0 Å². The van der Waals surface area contributed by atoms with E-state index < -0.39 is 0 Å². The molecule has 2 aliphatic rings. The lowest BCUT2D eigenvalue weighted by atomic mass is 9.74. The molecule has 2 aliphatic heterocycles. The summed E-state index contributed by atoms with van der Waals surface area (Å²) < 4.78 is 1.34. The Morgan fingerprint density at radius 2 is 1.81 bits per heavy atom. The van der Waals surface area contributed by atoms with Crippen molar-refractivity contribution in [3.8, 4) is 0 Å². The van der Waals surface area contributed by atoms with Gasteiger partial charge in [-0.3, -0.25) is 4.90 Å². The second-order valence-electron chi connectivity index (χ2n) is 10.2. The minimum atomic E-state index is 0.206. The summed E-state index contributed by atoms with van der Waals surface area (Å²) in [6, 6.07) is 7.46. The second kappa shape index (κ2) is 6.82. The smallest absolute Gasteiger partial charge is 0.0970 e. The zero-order valence-corrected chi connectivity index (χ0v) is 18.6. The standard InChI is InChI=1S/C23H35N3S/c1-15-7-9-18(24-14-15)16-8-10-20-19(11-16)25-21(27-20)17-12-22(2,3)26(6)23(4,5)13-17/h8,10-11,15,17-18,24H,7,9,12-14H2,1-6H3/t15-,18+/m0/s1. The first-order chi connectivity index (χ1) is 12.7. The molecule has 1 N–H and O–H groups in total. The van der Waals surface area contributed by atoms with Gasteiger partial charge in [0.15, 0.2) is 0 Å². The third-order valence-electron chi connectivity index (χ3n) is 7.15. The van der Waals surface area contributed by atoms with Crippen LogP contribution < -0.4 is 5.32 Å². The maximum atomic E-state index is 5.14. The first kappa shape index (κ1) is 19.4. The van der Waals surface area contributed by atoms with Crippen molar-refractivity contribution in [2.75, 3.05) is 13.6 Å². The van der Waals surface area contributed by atoms with E-state index >= 15 is 0 Å². The summed E-state index contributed by atoms with van der Waals surface area (Å²) >= 11 is 1.91. The monoisotopic (exact) mass is 385 g/mol. The molecule has 2 aromatic rings. The van der Waals surface area contributed by atoms with E-state index in [4.69, 9.17) is 4.98 Å². The molecular formula is C23H35N3S. The van der Waals surface area contributed by atoms with E-state index in [9.17, 15) is 0 Å². The van der Waals surface area contributed by atoms with Crippen LogP contribution in [-0.2, 0) is 0 Å². The zero-order chi connectivity index (χ0) is 19.4. The third-order valence-corrected chi connectivity index (χ3v) is 8.35. The zero-order valence-electron chi connectivity index (χ0n) is 17.8. The van der Waals surface area contributed by atoms with Crippen LogP contribution in [0.25, 0.3) is 10.2 Å². The first-order valence-corrected chi connectivity index (χ1v) is 11.3. The highest BCUT2D eigenvalue weighted by Gasteiger charge is 2.44. The van der Waals surface area contributed by atoms with Crippen molar-refractivity contribution in [2.24, 2.45) is 5.92 Å². The minimum absolute atomic E-state index is 0.206. The Labute approximate surface area is 168 Å². The van der Waals surface area contributed by atoms with Crippen LogP contribution in [-0.4, -0.2) is 34.6 Å². The van der Waals surface area contributed by atoms with Crippen molar-refractivity contribution in [1.29, 1.82) is 0 Å². The van der Waals surface area contributed by atoms with Crippen LogP contribution in [0.1, 0.15) is 82.8 Å². The number of fused-ring (bicyclic) bond motifs is 1. The Balaban J connectivity index is 1.60. The van der Waals surface area contributed by atoms with Gasteiger partial charge in [-0.15, -0.1) is 11.3 Å². The molecule has 2 fully saturated rings. The van der Waals surface area contributed by atoms with Crippen LogP contribution >= 0.6 is 11.3 Å². The van der Waals surface area contributed by atoms with E-state index in [2.05, 4.69) is 70.1 Å². The van der Waals surface area contributed by atoms with Crippen LogP contribution in [0.5, 0.6) is 0 Å². The highest BCUT2D eigenvalue weighted by molar-refractivity contribution is 7.18. The number of likely N-dealkylation sites (tertiary alicyclic amines) is 1. The molecule has 0 unspecified atom stereocenters. The number of thiazole rings is 1. The van der Waals surface area contributed by atoms with Crippen molar-refractivity contribution >= 4 is 21.6 Å². The molecule has 2 saturated heterocycles. The quantitative estimate of drug-likeness (QED) is 0.716. The number of rotatable bonds is 2. The van der Waals surface area contributed by atoms with Gasteiger partial charge in [-0.25, -0.2) is 4.98 Å². The Morgan fingerprint density at radius 1 is 1.11 bits per heavy atom. The molecule has 0 saturated carbocycles. The maximum absolute atomic E-state index is 5.14. The van der Waals surface area contributed by atoms with Crippen molar-refractivity contribution < 1.29 is 0 Å². The van der Waals surface area contributed by atoms with Gasteiger partial charge in [0.1, 0.15) is 0 Å². The fourth-order valence-corrected chi connectivity index (χ4v) is 6.23. The molecule has 0 amide bonds. The van der Waals surface area contributed by atoms with Crippen molar-refractivity contribution in [1.82, 2.24) is 15.2 Å². The van der Waals surface area contributed by atoms with Gasteiger partial charge in [0.25, 0.3) is 0 Å². The van der Waals surface area contributed by atoms with Crippen LogP contribution in [0.2, 0.25) is 0 Å². The first-order valence-electron chi connectivity index (χ1n) is 10.5. The SMILES string of the molecule is C[C@H]1CC[C@H](c2ccc3sc(C4CC(C)(C)N(C)C(C)(C)C4)nc3c2)NC1. The van der Waals surface area contributed by atoms with E-state index in [-0.39, 0.29) is 11.1 Å². The number of benzene rings is 1. The molecule has 4 heteroatoms. The summed E-state index contributed by atoms with van der Waals surface area (Å²) in [4.78, 5) is 7.69. The van der Waals surface area contributed by atoms with Gasteiger partial charge >= 0.3 is 0 Å². The van der Waals surface area contributed by atoms with Crippen molar-refractivity contribution in [3.05, 3.63) is 28.8 Å². The number of hydrogen-bond donors (Lipinski definition) is 1. The Morgan fingerprint density at radius 3 is 2.44 bits per heavy atom. The van der Waals surface area contributed by atoms with Crippen LogP contribution in [0.4, 0.5) is 0 Å². The van der Waals surface area contributed by atoms with E-state index in [1.165, 1.54) is 46.5 Å². The van der Waals surface area contributed by atoms with E-state index in [1.807, 2.05) is 11.3 Å². The molecule has 3 nitrogen and oxygen atoms in total. The van der Waals surface area contributed by atoms with Crippen LogP contribution in [0.3, 0.4) is 0 Å². The van der Waals surface area contributed by atoms with E-state index in [0.29, 0.717) is 12.0 Å². The normalized spacial score (nSPS) is 29.3. The minimum Gasteiger partial charge on any atom is -0.310 e. The summed E-state index contributed by atoms with van der Waals surface area (Å²) in [5.41, 5.74) is 3.02. The molecule has 0 bridgehead atoms. The van der Waals surface area contributed by atoms with Gasteiger partial charge in [0.05, 0.1) is 15.2 Å². The number of aromatic nitrogens is 1. The Kier molecular flexibility index (Phi) is 4.89. The molecule has 3 heterocycles. The van der Waals surface area contributed by atoms with Crippen LogP contribution in [0.15, 0.2) is 18.2 Å². The topological polar surface area (TPSA) is 28.2 Å². The van der Waals surface area contributed by atoms with Gasteiger partial charge < -0.3 is 5.32 Å². The number of piperidine rings is 2. The average Bonchev–Trinajstić information content (AvgIpc) is 3.03. The predicted molar refractivity (Wildman–Crippen MR) is 117 cm³/mol. The van der Waals surface area contributed by atoms with Gasteiger partial charge in [-0.05, 0) is 90.6 Å². The highest BCUT2D eigenvalue weighted by Crippen LogP contribution is 2.46. The summed E-state index contributed by atoms with van der Waals surface area (Å²) in [7, 11) is 2.28.